The molecule has 98 valence electrons. The van der Waals surface area contributed by atoms with E-state index in [0.717, 1.165) is 6.42 Å². The number of nitrogens with zero attached hydrogens (tertiary/aromatic N) is 1. The zero-order chi connectivity index (χ0) is 12.6. The van der Waals surface area contributed by atoms with Crippen LogP contribution in [0.4, 0.5) is 0 Å². The van der Waals surface area contributed by atoms with Gasteiger partial charge in [-0.15, -0.1) is 0 Å². The van der Waals surface area contributed by atoms with E-state index in [0.29, 0.717) is 36.3 Å². The van der Waals surface area contributed by atoms with Crippen molar-refractivity contribution in [3.8, 4) is 0 Å². The Morgan fingerprint density at radius 3 is 2.71 bits per heavy atom. The van der Waals surface area contributed by atoms with Crippen LogP contribution in [0.1, 0.15) is 46.0 Å². The van der Waals surface area contributed by atoms with E-state index in [2.05, 4.69) is 25.8 Å². The molecule has 2 aliphatic rings. The molecule has 17 heavy (non-hydrogen) atoms. The highest BCUT2D eigenvalue weighted by molar-refractivity contribution is 5.67. The fourth-order valence-corrected chi connectivity index (χ4v) is 4.03. The van der Waals surface area contributed by atoms with Crippen molar-refractivity contribution in [2.24, 2.45) is 17.8 Å². The summed E-state index contributed by atoms with van der Waals surface area (Å²) in [6.45, 7) is 4.50. The summed E-state index contributed by atoms with van der Waals surface area (Å²) in [5, 5.41) is 9.06. The van der Waals surface area contributed by atoms with Crippen molar-refractivity contribution in [2.45, 2.75) is 58.0 Å². The smallest absolute Gasteiger partial charge is 0.303 e. The molecule has 3 nitrogen and oxygen atoms in total. The minimum absolute atomic E-state index is 0.373. The van der Waals surface area contributed by atoms with Crippen LogP contribution in [0.15, 0.2) is 0 Å². The maximum atomic E-state index is 11.0. The lowest BCUT2D eigenvalue weighted by molar-refractivity contribution is -0.139. The van der Waals surface area contributed by atoms with E-state index in [1.807, 2.05) is 0 Å². The molecule has 0 amide bonds. The summed E-state index contributed by atoms with van der Waals surface area (Å²) in [7, 11) is 2.23. The van der Waals surface area contributed by atoms with Gasteiger partial charge >= 0.3 is 5.97 Å². The summed E-state index contributed by atoms with van der Waals surface area (Å²) in [5.74, 6) is 1.05. The van der Waals surface area contributed by atoms with Gasteiger partial charge in [0.1, 0.15) is 0 Å². The van der Waals surface area contributed by atoms with Gasteiger partial charge in [-0.05, 0) is 50.5 Å². The average molecular weight is 239 g/mol. The minimum atomic E-state index is -0.618. The largest absolute Gasteiger partial charge is 0.481 e. The Hall–Kier alpha value is -0.570. The predicted octanol–water partition coefficient (Wildman–Crippen LogP) is 2.61. The van der Waals surface area contributed by atoms with Crippen LogP contribution in [0.2, 0.25) is 0 Å². The Morgan fingerprint density at radius 1 is 1.41 bits per heavy atom. The molecule has 0 saturated carbocycles. The number of hydrogen-bond acceptors (Lipinski definition) is 2. The van der Waals surface area contributed by atoms with Crippen LogP contribution >= 0.6 is 0 Å². The Kier molecular flexibility index (Phi) is 3.76. The number of rotatable bonds is 4. The third-order valence-electron chi connectivity index (χ3n) is 4.75. The van der Waals surface area contributed by atoms with Gasteiger partial charge in [0.15, 0.2) is 0 Å². The number of fused-ring (bicyclic) bond motifs is 2. The zero-order valence-electron chi connectivity index (χ0n) is 11.2. The second-order valence-corrected chi connectivity index (χ2v) is 6.35. The summed E-state index contributed by atoms with van der Waals surface area (Å²) in [5.41, 5.74) is 0. The van der Waals surface area contributed by atoms with E-state index in [9.17, 15) is 4.79 Å². The first-order valence-corrected chi connectivity index (χ1v) is 6.92. The van der Waals surface area contributed by atoms with Crippen LogP contribution in [-0.2, 0) is 4.79 Å². The van der Waals surface area contributed by atoms with Crippen LogP contribution < -0.4 is 0 Å². The van der Waals surface area contributed by atoms with E-state index in [1.54, 1.807) is 0 Å². The van der Waals surface area contributed by atoms with Gasteiger partial charge < -0.3 is 10.0 Å². The Labute approximate surface area is 104 Å². The van der Waals surface area contributed by atoms with Gasteiger partial charge in [-0.25, -0.2) is 0 Å². The van der Waals surface area contributed by atoms with Crippen LogP contribution in [0.3, 0.4) is 0 Å². The van der Waals surface area contributed by atoms with E-state index in [4.69, 9.17) is 5.11 Å². The van der Waals surface area contributed by atoms with Crippen LogP contribution in [0.5, 0.6) is 0 Å². The van der Waals surface area contributed by atoms with Crippen molar-refractivity contribution in [3.63, 3.8) is 0 Å². The fourth-order valence-electron chi connectivity index (χ4n) is 4.03. The number of hydrogen-bond donors (Lipinski definition) is 1. The molecule has 1 N–H and O–H groups in total. The topological polar surface area (TPSA) is 40.5 Å². The Bertz CT molecular complexity index is 290. The van der Waals surface area contributed by atoms with Gasteiger partial charge in [-0.2, -0.15) is 0 Å². The van der Waals surface area contributed by atoms with Gasteiger partial charge in [0.05, 0.1) is 0 Å². The lowest BCUT2D eigenvalue weighted by Crippen LogP contribution is -2.47. The van der Waals surface area contributed by atoms with E-state index < -0.39 is 5.97 Å². The number of piperidine rings is 1. The van der Waals surface area contributed by atoms with Gasteiger partial charge in [-0.3, -0.25) is 4.79 Å². The highest BCUT2D eigenvalue weighted by atomic mass is 16.4. The molecule has 0 aromatic rings. The molecule has 0 aromatic heterocycles. The molecule has 4 atom stereocenters. The average Bonchev–Trinajstić information content (AvgIpc) is 2.44. The molecule has 0 aromatic carbocycles. The second-order valence-electron chi connectivity index (χ2n) is 6.35. The number of aliphatic carboxylic acids is 1. The SMILES string of the molecule is CC(C)CC1C(CC(=O)O)CC2CCC1N2C. The molecular weight excluding hydrogens is 214 g/mol. The predicted molar refractivity (Wildman–Crippen MR) is 67.9 cm³/mol. The van der Waals surface area contributed by atoms with Crippen molar-refractivity contribution in [2.75, 3.05) is 7.05 Å². The molecule has 3 heteroatoms. The molecular formula is C14H25NO2. The first-order valence-electron chi connectivity index (χ1n) is 6.92. The van der Waals surface area contributed by atoms with Gasteiger partial charge in [0, 0.05) is 18.5 Å². The minimum Gasteiger partial charge on any atom is -0.481 e. The second kappa shape index (κ2) is 4.97. The molecule has 2 saturated heterocycles. The fraction of sp³-hybridized carbons (Fsp3) is 0.929. The lowest BCUT2D eigenvalue weighted by Gasteiger charge is -2.43. The van der Waals surface area contributed by atoms with Gasteiger partial charge in [-0.1, -0.05) is 13.8 Å². The summed E-state index contributed by atoms with van der Waals surface area (Å²) in [6.07, 6.45) is 5.19. The highest BCUT2D eigenvalue weighted by Crippen LogP contribution is 2.45. The zero-order valence-corrected chi connectivity index (χ0v) is 11.2. The van der Waals surface area contributed by atoms with Crippen molar-refractivity contribution in [1.29, 1.82) is 0 Å². The molecule has 0 radical (unpaired) electrons. The summed E-state index contributed by atoms with van der Waals surface area (Å²) < 4.78 is 0. The summed E-state index contributed by atoms with van der Waals surface area (Å²) in [6, 6.07) is 1.29. The number of carboxylic acids is 1. The maximum absolute atomic E-state index is 11.0. The number of carbonyl (C=O) groups is 1. The highest BCUT2D eigenvalue weighted by Gasteiger charge is 2.45. The third-order valence-corrected chi connectivity index (χ3v) is 4.75. The monoisotopic (exact) mass is 239 g/mol. The van der Waals surface area contributed by atoms with Crippen LogP contribution in [0.25, 0.3) is 0 Å². The van der Waals surface area contributed by atoms with Crippen LogP contribution in [0, 0.1) is 17.8 Å². The Morgan fingerprint density at radius 2 is 2.12 bits per heavy atom. The van der Waals surface area contributed by atoms with Gasteiger partial charge in [0.25, 0.3) is 0 Å². The van der Waals surface area contributed by atoms with E-state index in [-0.39, 0.29) is 0 Å². The molecule has 0 spiro atoms. The first-order chi connectivity index (χ1) is 7.99. The summed E-state index contributed by atoms with van der Waals surface area (Å²) >= 11 is 0. The van der Waals surface area contributed by atoms with Gasteiger partial charge in [0.2, 0.25) is 0 Å². The van der Waals surface area contributed by atoms with Crippen LogP contribution in [-0.4, -0.2) is 35.1 Å². The van der Waals surface area contributed by atoms with E-state index >= 15 is 0 Å². The molecule has 4 unspecified atom stereocenters. The van der Waals surface area contributed by atoms with Crippen molar-refractivity contribution in [3.05, 3.63) is 0 Å². The maximum Gasteiger partial charge on any atom is 0.303 e. The summed E-state index contributed by atoms with van der Waals surface area (Å²) in [4.78, 5) is 13.5. The molecule has 2 aliphatic heterocycles. The quantitative estimate of drug-likeness (QED) is 0.820. The normalized spacial score (nSPS) is 37.6. The van der Waals surface area contributed by atoms with Crippen molar-refractivity contribution in [1.82, 2.24) is 4.90 Å². The molecule has 2 heterocycles. The molecule has 2 fully saturated rings. The Balaban J connectivity index is 2.11. The molecule has 2 rings (SSSR count). The molecule has 0 aliphatic carbocycles. The standard InChI is InChI=1S/C14H25NO2/c1-9(2)6-12-10(8-14(16)17)7-11-4-5-13(12)15(11)3/h9-13H,4-8H2,1-3H3,(H,16,17). The first kappa shape index (κ1) is 12.9. The molecule has 2 bridgehead atoms. The van der Waals surface area contributed by atoms with Crippen molar-refractivity contribution >= 4 is 5.97 Å². The van der Waals surface area contributed by atoms with Crippen molar-refractivity contribution < 1.29 is 9.90 Å². The number of carboxylic acid groups (broad SMARTS) is 1. The lowest BCUT2D eigenvalue weighted by atomic mass is 9.74. The third kappa shape index (κ3) is 2.65. The van der Waals surface area contributed by atoms with E-state index in [1.165, 1.54) is 19.3 Å².